The molecule has 1 atom stereocenters. The highest BCUT2D eigenvalue weighted by atomic mass is 79.9. The van der Waals surface area contributed by atoms with Crippen LogP contribution >= 0.6 is 15.9 Å². The van der Waals surface area contributed by atoms with Crippen LogP contribution in [0.4, 0.5) is 4.79 Å². The van der Waals surface area contributed by atoms with E-state index in [-0.39, 0.29) is 12.6 Å². The Balaban J connectivity index is 2.47. The molecule has 0 aliphatic heterocycles. The number of benzene rings is 1. The molecule has 2 amide bonds. The van der Waals surface area contributed by atoms with Crippen molar-refractivity contribution in [2.75, 3.05) is 13.6 Å². The first-order chi connectivity index (χ1) is 9.69. The van der Waals surface area contributed by atoms with Gasteiger partial charge < -0.3 is 20.4 Å². The highest BCUT2D eigenvalue weighted by molar-refractivity contribution is 9.10. The quantitative estimate of drug-likeness (QED) is 0.723. The predicted octanol–water partition coefficient (Wildman–Crippen LogP) is 1.82. The number of carbonyl (C=O) groups excluding carboxylic acids is 1. The molecule has 0 aliphatic rings. The minimum Gasteiger partial charge on any atom is -0.481 e. The molecule has 1 aromatic rings. The van der Waals surface area contributed by atoms with Gasteiger partial charge in [-0.15, -0.1) is 0 Å². The van der Waals surface area contributed by atoms with Gasteiger partial charge in [-0.3, -0.25) is 4.79 Å². The van der Waals surface area contributed by atoms with Crippen molar-refractivity contribution in [1.29, 1.82) is 0 Å². The van der Waals surface area contributed by atoms with Crippen molar-refractivity contribution in [2.45, 2.75) is 25.5 Å². The van der Waals surface area contributed by atoms with Crippen molar-refractivity contribution < 1.29 is 19.8 Å². The van der Waals surface area contributed by atoms with Gasteiger partial charge in [-0.1, -0.05) is 28.1 Å². The SMILES string of the molecule is CN(Cc1ccc(Br)cc1)C(=O)NCC(C)(O)CC(=O)O. The van der Waals surface area contributed by atoms with Crippen LogP contribution in [-0.2, 0) is 11.3 Å². The summed E-state index contributed by atoms with van der Waals surface area (Å²) in [6, 6.07) is 7.20. The fraction of sp³-hybridized carbons (Fsp3) is 0.429. The number of hydrogen-bond acceptors (Lipinski definition) is 3. The first kappa shape index (κ1) is 17.5. The minimum atomic E-state index is -1.47. The van der Waals surface area contributed by atoms with Gasteiger partial charge in [-0.05, 0) is 24.6 Å². The highest BCUT2D eigenvalue weighted by Crippen LogP contribution is 2.12. The molecule has 0 aliphatic carbocycles. The molecule has 6 nitrogen and oxygen atoms in total. The molecule has 1 rings (SSSR count). The van der Waals surface area contributed by atoms with Crippen molar-refractivity contribution in [3.05, 3.63) is 34.3 Å². The summed E-state index contributed by atoms with van der Waals surface area (Å²) in [6.45, 7) is 1.67. The Morgan fingerprint density at radius 2 is 1.90 bits per heavy atom. The van der Waals surface area contributed by atoms with E-state index in [0.717, 1.165) is 10.0 Å². The van der Waals surface area contributed by atoms with Gasteiger partial charge in [-0.25, -0.2) is 4.79 Å². The number of hydrogen-bond donors (Lipinski definition) is 3. The summed E-state index contributed by atoms with van der Waals surface area (Å²) in [6.07, 6.45) is -0.427. The van der Waals surface area contributed by atoms with Crippen LogP contribution in [0.5, 0.6) is 0 Å². The lowest BCUT2D eigenvalue weighted by Gasteiger charge is -2.24. The standard InChI is InChI=1S/C14H19BrN2O4/c1-14(21,7-12(18)19)9-16-13(20)17(2)8-10-3-5-11(15)6-4-10/h3-6,21H,7-9H2,1-2H3,(H,16,20)(H,18,19). The number of nitrogens with zero attached hydrogens (tertiary/aromatic N) is 1. The second-order valence-corrected chi connectivity index (χ2v) is 6.12. The number of halogens is 1. The van der Waals surface area contributed by atoms with Crippen LogP contribution in [-0.4, -0.2) is 46.3 Å². The lowest BCUT2D eigenvalue weighted by Crippen LogP contribution is -2.46. The molecule has 0 radical (unpaired) electrons. The normalized spacial score (nSPS) is 13.3. The molecule has 7 heteroatoms. The Kier molecular flexibility index (Phi) is 6.17. The highest BCUT2D eigenvalue weighted by Gasteiger charge is 2.25. The van der Waals surface area contributed by atoms with E-state index in [1.165, 1.54) is 11.8 Å². The Morgan fingerprint density at radius 3 is 2.43 bits per heavy atom. The van der Waals surface area contributed by atoms with Gasteiger partial charge in [0.2, 0.25) is 0 Å². The third-order valence-corrected chi connectivity index (χ3v) is 3.36. The van der Waals surface area contributed by atoms with Crippen LogP contribution < -0.4 is 5.32 Å². The second-order valence-electron chi connectivity index (χ2n) is 5.21. The van der Waals surface area contributed by atoms with Crippen LogP contribution in [0.1, 0.15) is 18.9 Å². The van der Waals surface area contributed by atoms with E-state index in [9.17, 15) is 14.7 Å². The Morgan fingerprint density at radius 1 is 1.33 bits per heavy atom. The number of rotatable bonds is 6. The maximum Gasteiger partial charge on any atom is 0.317 e. The number of aliphatic hydroxyl groups is 1. The Bertz CT molecular complexity index is 502. The summed E-state index contributed by atoms with van der Waals surface area (Å²) in [5.74, 6) is -1.11. The molecule has 0 saturated carbocycles. The fourth-order valence-electron chi connectivity index (χ4n) is 1.72. The summed E-state index contributed by atoms with van der Waals surface area (Å²) in [5, 5.41) is 21.0. The van der Waals surface area contributed by atoms with E-state index in [2.05, 4.69) is 21.2 Å². The zero-order valence-corrected chi connectivity index (χ0v) is 13.6. The average Bonchev–Trinajstić information content (AvgIpc) is 2.37. The number of nitrogens with one attached hydrogen (secondary N) is 1. The lowest BCUT2D eigenvalue weighted by atomic mass is 10.0. The van der Waals surface area contributed by atoms with Crippen LogP contribution in [0.25, 0.3) is 0 Å². The monoisotopic (exact) mass is 358 g/mol. The zero-order chi connectivity index (χ0) is 16.0. The first-order valence-corrected chi connectivity index (χ1v) is 7.16. The van der Waals surface area contributed by atoms with Crippen LogP contribution in [0.3, 0.4) is 0 Å². The number of carboxylic acid groups (broad SMARTS) is 1. The van der Waals surface area contributed by atoms with Crippen molar-refractivity contribution in [3.63, 3.8) is 0 Å². The average molecular weight is 359 g/mol. The van der Waals surface area contributed by atoms with Gasteiger partial charge in [-0.2, -0.15) is 0 Å². The molecule has 116 valence electrons. The molecule has 0 saturated heterocycles. The van der Waals surface area contributed by atoms with E-state index in [4.69, 9.17) is 5.11 Å². The van der Waals surface area contributed by atoms with Gasteiger partial charge in [0, 0.05) is 24.6 Å². The molecular formula is C14H19BrN2O4. The molecule has 3 N–H and O–H groups in total. The maximum absolute atomic E-state index is 11.9. The third-order valence-electron chi connectivity index (χ3n) is 2.83. The van der Waals surface area contributed by atoms with Crippen molar-refractivity contribution in [3.8, 4) is 0 Å². The van der Waals surface area contributed by atoms with Gasteiger partial charge in [0.1, 0.15) is 0 Å². The number of aliphatic carboxylic acids is 1. The minimum absolute atomic E-state index is 0.122. The van der Waals surface area contributed by atoms with Gasteiger partial charge >= 0.3 is 12.0 Å². The summed E-state index contributed by atoms with van der Waals surface area (Å²) in [5.41, 5.74) is -0.506. The second kappa shape index (κ2) is 7.42. The number of carboxylic acids is 1. The molecule has 0 fully saturated rings. The molecular weight excluding hydrogens is 340 g/mol. The summed E-state index contributed by atoms with van der Waals surface area (Å²) in [7, 11) is 1.63. The van der Waals surface area contributed by atoms with E-state index in [0.29, 0.717) is 6.54 Å². The topological polar surface area (TPSA) is 89.9 Å². The van der Waals surface area contributed by atoms with Crippen molar-refractivity contribution in [2.24, 2.45) is 0 Å². The third kappa shape index (κ3) is 6.59. The van der Waals surface area contributed by atoms with E-state index >= 15 is 0 Å². The van der Waals surface area contributed by atoms with E-state index < -0.39 is 18.0 Å². The van der Waals surface area contributed by atoms with E-state index in [1.807, 2.05) is 24.3 Å². The van der Waals surface area contributed by atoms with Crippen molar-refractivity contribution in [1.82, 2.24) is 10.2 Å². The van der Waals surface area contributed by atoms with Crippen molar-refractivity contribution >= 4 is 27.9 Å². The molecule has 1 unspecified atom stereocenters. The molecule has 1 aromatic carbocycles. The van der Waals surface area contributed by atoms with Crippen LogP contribution in [0.2, 0.25) is 0 Å². The van der Waals surface area contributed by atoms with Gasteiger partial charge in [0.15, 0.2) is 0 Å². The largest absolute Gasteiger partial charge is 0.481 e. The summed E-state index contributed by atoms with van der Waals surface area (Å²) >= 11 is 3.34. The molecule has 0 spiro atoms. The fourth-order valence-corrected chi connectivity index (χ4v) is 1.99. The van der Waals surface area contributed by atoms with E-state index in [1.54, 1.807) is 7.05 Å². The number of carbonyl (C=O) groups is 2. The maximum atomic E-state index is 11.9. The molecule has 0 aromatic heterocycles. The lowest BCUT2D eigenvalue weighted by molar-refractivity contribution is -0.141. The first-order valence-electron chi connectivity index (χ1n) is 6.37. The Hall–Kier alpha value is -1.60. The molecule has 0 heterocycles. The summed E-state index contributed by atoms with van der Waals surface area (Å²) < 4.78 is 0.961. The van der Waals surface area contributed by atoms with Crippen LogP contribution in [0, 0.1) is 0 Å². The number of amides is 2. The summed E-state index contributed by atoms with van der Waals surface area (Å²) in [4.78, 5) is 23.9. The zero-order valence-electron chi connectivity index (χ0n) is 12.0. The van der Waals surface area contributed by atoms with Crippen LogP contribution in [0.15, 0.2) is 28.7 Å². The molecule has 0 bridgehead atoms. The van der Waals surface area contributed by atoms with Gasteiger partial charge in [0.25, 0.3) is 0 Å². The van der Waals surface area contributed by atoms with Gasteiger partial charge in [0.05, 0.1) is 12.0 Å². The smallest absolute Gasteiger partial charge is 0.317 e. The number of urea groups is 1. The Labute approximate surface area is 131 Å². The molecule has 21 heavy (non-hydrogen) atoms. The predicted molar refractivity (Wildman–Crippen MR) is 81.9 cm³/mol.